The smallest absolute Gasteiger partial charge is 0.253 e. The average molecular weight is 221 g/mol. The number of carbonyl (C=O) groups is 1. The summed E-state index contributed by atoms with van der Waals surface area (Å²) in [7, 11) is 0. The molecule has 0 aromatic heterocycles. The molecule has 1 saturated carbocycles. The second-order valence-electron chi connectivity index (χ2n) is 5.21. The second kappa shape index (κ2) is 3.84. The molecule has 0 atom stereocenters. The number of hydrogen-bond acceptors (Lipinski definition) is 3. The van der Waals surface area contributed by atoms with Crippen molar-refractivity contribution in [2.45, 2.75) is 44.1 Å². The minimum Gasteiger partial charge on any atom is -0.317 e. The highest BCUT2D eigenvalue weighted by Crippen LogP contribution is 2.32. The molecular formula is C12H19N3O. The third kappa shape index (κ3) is 1.56. The third-order valence-electron chi connectivity index (χ3n) is 4.17. The molecule has 16 heavy (non-hydrogen) atoms. The first-order chi connectivity index (χ1) is 7.80. The van der Waals surface area contributed by atoms with Gasteiger partial charge < -0.3 is 10.6 Å². The van der Waals surface area contributed by atoms with Gasteiger partial charge in [-0.05, 0) is 38.8 Å². The van der Waals surface area contributed by atoms with Crippen LogP contribution in [0.1, 0.15) is 38.5 Å². The fourth-order valence-corrected chi connectivity index (χ4v) is 3.11. The molecule has 0 aromatic carbocycles. The van der Waals surface area contributed by atoms with E-state index in [0.717, 1.165) is 31.8 Å². The monoisotopic (exact) mass is 221 g/mol. The summed E-state index contributed by atoms with van der Waals surface area (Å²) in [6, 6.07) is 0. The molecule has 4 nitrogen and oxygen atoms in total. The van der Waals surface area contributed by atoms with E-state index in [1.165, 1.54) is 25.7 Å². The van der Waals surface area contributed by atoms with Crippen LogP contribution in [0.4, 0.5) is 0 Å². The first-order valence-corrected chi connectivity index (χ1v) is 6.42. The van der Waals surface area contributed by atoms with Crippen LogP contribution >= 0.6 is 0 Å². The lowest BCUT2D eigenvalue weighted by Gasteiger charge is -2.28. The van der Waals surface area contributed by atoms with E-state index in [2.05, 4.69) is 10.6 Å². The molecule has 1 spiro atoms. The maximum atomic E-state index is 12.1. The normalized spacial score (nSPS) is 29.5. The molecule has 0 bridgehead atoms. The van der Waals surface area contributed by atoms with Gasteiger partial charge in [0.2, 0.25) is 0 Å². The fourth-order valence-electron chi connectivity index (χ4n) is 3.11. The van der Waals surface area contributed by atoms with Crippen molar-refractivity contribution in [2.75, 3.05) is 13.1 Å². The average Bonchev–Trinajstić information content (AvgIpc) is 2.90. The molecule has 1 amide bonds. The van der Waals surface area contributed by atoms with E-state index in [9.17, 15) is 4.79 Å². The molecule has 0 unspecified atom stereocenters. The fraction of sp³-hybridized carbons (Fsp3) is 0.833. The van der Waals surface area contributed by atoms with Gasteiger partial charge in [-0.2, -0.15) is 0 Å². The van der Waals surface area contributed by atoms with E-state index < -0.39 is 5.54 Å². The SMILES string of the molecule is O=C1NC(C2CCCC2)=NC12CCNCC2. The van der Waals surface area contributed by atoms with Crippen LogP contribution in [0.5, 0.6) is 0 Å². The van der Waals surface area contributed by atoms with Gasteiger partial charge in [-0.25, -0.2) is 0 Å². The van der Waals surface area contributed by atoms with Gasteiger partial charge >= 0.3 is 0 Å². The number of nitrogens with one attached hydrogen (secondary N) is 2. The molecular weight excluding hydrogens is 202 g/mol. The molecule has 88 valence electrons. The van der Waals surface area contributed by atoms with Crippen LogP contribution in [0.25, 0.3) is 0 Å². The second-order valence-corrected chi connectivity index (χ2v) is 5.21. The first-order valence-electron chi connectivity index (χ1n) is 6.42. The van der Waals surface area contributed by atoms with Crippen molar-refractivity contribution < 1.29 is 4.79 Å². The summed E-state index contributed by atoms with van der Waals surface area (Å²) in [5, 5.41) is 6.33. The lowest BCUT2D eigenvalue weighted by atomic mass is 9.89. The Labute approximate surface area is 95.9 Å². The van der Waals surface area contributed by atoms with Gasteiger partial charge in [0.05, 0.1) is 0 Å². The molecule has 2 heterocycles. The van der Waals surface area contributed by atoms with E-state index in [1.807, 2.05) is 0 Å². The number of piperidine rings is 1. The molecule has 0 radical (unpaired) electrons. The van der Waals surface area contributed by atoms with Crippen molar-refractivity contribution >= 4 is 11.7 Å². The molecule has 2 aliphatic heterocycles. The maximum Gasteiger partial charge on any atom is 0.253 e. The lowest BCUT2D eigenvalue weighted by molar-refractivity contribution is -0.124. The van der Waals surface area contributed by atoms with Crippen molar-refractivity contribution in [2.24, 2.45) is 10.9 Å². The van der Waals surface area contributed by atoms with E-state index in [-0.39, 0.29) is 5.91 Å². The van der Waals surface area contributed by atoms with E-state index in [4.69, 9.17) is 4.99 Å². The van der Waals surface area contributed by atoms with Crippen molar-refractivity contribution in [1.29, 1.82) is 0 Å². The van der Waals surface area contributed by atoms with Crippen molar-refractivity contribution in [3.05, 3.63) is 0 Å². The number of amidine groups is 1. The van der Waals surface area contributed by atoms with E-state index in [1.54, 1.807) is 0 Å². The molecule has 1 aliphatic carbocycles. The van der Waals surface area contributed by atoms with Crippen LogP contribution < -0.4 is 10.6 Å². The third-order valence-corrected chi connectivity index (χ3v) is 4.17. The Bertz CT molecular complexity index is 325. The number of hydrogen-bond donors (Lipinski definition) is 2. The molecule has 3 rings (SSSR count). The van der Waals surface area contributed by atoms with Gasteiger partial charge in [0.15, 0.2) is 0 Å². The van der Waals surface area contributed by atoms with Crippen LogP contribution in [0, 0.1) is 5.92 Å². The largest absolute Gasteiger partial charge is 0.317 e. The van der Waals surface area contributed by atoms with Crippen molar-refractivity contribution in [1.82, 2.24) is 10.6 Å². The number of rotatable bonds is 1. The minimum atomic E-state index is -0.414. The summed E-state index contributed by atoms with van der Waals surface area (Å²) in [5.74, 6) is 1.67. The summed E-state index contributed by atoms with van der Waals surface area (Å²) in [5.41, 5.74) is -0.414. The van der Waals surface area contributed by atoms with Gasteiger partial charge in [-0.3, -0.25) is 9.79 Å². The Morgan fingerprint density at radius 2 is 1.88 bits per heavy atom. The topological polar surface area (TPSA) is 53.5 Å². The minimum absolute atomic E-state index is 0.149. The van der Waals surface area contributed by atoms with Crippen LogP contribution in [0.3, 0.4) is 0 Å². The Hall–Kier alpha value is -0.900. The predicted molar refractivity (Wildman–Crippen MR) is 62.4 cm³/mol. The summed E-state index contributed by atoms with van der Waals surface area (Å²) < 4.78 is 0. The number of nitrogens with zero attached hydrogens (tertiary/aromatic N) is 1. The van der Waals surface area contributed by atoms with E-state index in [0.29, 0.717) is 5.92 Å². The Morgan fingerprint density at radius 3 is 2.56 bits per heavy atom. The van der Waals surface area contributed by atoms with Crippen molar-refractivity contribution in [3.63, 3.8) is 0 Å². The number of aliphatic imine (C=N–C) groups is 1. The lowest BCUT2D eigenvalue weighted by Crippen LogP contribution is -2.47. The Kier molecular flexibility index (Phi) is 2.46. The molecule has 0 aromatic rings. The highest BCUT2D eigenvalue weighted by molar-refractivity contribution is 6.09. The Balaban J connectivity index is 1.81. The predicted octanol–water partition coefficient (Wildman–Crippen LogP) is 0.827. The van der Waals surface area contributed by atoms with Crippen LogP contribution in [0.2, 0.25) is 0 Å². The zero-order chi connectivity index (χ0) is 11.0. The highest BCUT2D eigenvalue weighted by Gasteiger charge is 2.45. The summed E-state index contributed by atoms with van der Waals surface area (Å²) in [6.45, 7) is 1.82. The van der Waals surface area contributed by atoms with Gasteiger partial charge in [-0.1, -0.05) is 12.8 Å². The van der Waals surface area contributed by atoms with E-state index >= 15 is 0 Å². The van der Waals surface area contributed by atoms with Gasteiger partial charge in [0.1, 0.15) is 11.4 Å². The zero-order valence-electron chi connectivity index (χ0n) is 9.59. The number of carbonyl (C=O) groups excluding carboxylic acids is 1. The van der Waals surface area contributed by atoms with Gasteiger partial charge in [0, 0.05) is 5.92 Å². The summed E-state index contributed by atoms with van der Waals surface area (Å²) >= 11 is 0. The molecule has 4 heteroatoms. The van der Waals surface area contributed by atoms with Crippen LogP contribution in [0.15, 0.2) is 4.99 Å². The van der Waals surface area contributed by atoms with Gasteiger partial charge in [0.25, 0.3) is 5.91 Å². The molecule has 1 saturated heterocycles. The quantitative estimate of drug-likeness (QED) is 0.689. The summed E-state index contributed by atoms with van der Waals surface area (Å²) in [4.78, 5) is 16.8. The highest BCUT2D eigenvalue weighted by atomic mass is 16.2. The zero-order valence-corrected chi connectivity index (χ0v) is 9.59. The number of amides is 1. The van der Waals surface area contributed by atoms with Crippen LogP contribution in [-0.4, -0.2) is 30.4 Å². The molecule has 2 N–H and O–H groups in total. The van der Waals surface area contributed by atoms with Gasteiger partial charge in [-0.15, -0.1) is 0 Å². The van der Waals surface area contributed by atoms with Crippen molar-refractivity contribution in [3.8, 4) is 0 Å². The summed E-state index contributed by atoms with van der Waals surface area (Å²) in [6.07, 6.45) is 6.69. The standard InChI is InChI=1S/C12H19N3O/c16-11-12(5-7-13-8-6-12)15-10(14-11)9-3-1-2-4-9/h9,13H,1-8H2,(H,14,15,16). The molecule has 2 fully saturated rings. The first kappa shape index (κ1) is 10.3. The Morgan fingerprint density at radius 1 is 1.19 bits per heavy atom. The van der Waals surface area contributed by atoms with Crippen LogP contribution in [-0.2, 0) is 4.79 Å². The maximum absolute atomic E-state index is 12.1. The molecule has 3 aliphatic rings.